The summed E-state index contributed by atoms with van der Waals surface area (Å²) >= 11 is 0. The lowest BCUT2D eigenvalue weighted by Crippen LogP contribution is -2.42. The van der Waals surface area contributed by atoms with Crippen molar-refractivity contribution in [2.45, 2.75) is 46.1 Å². The minimum Gasteiger partial charge on any atom is -0.473 e. The molecule has 0 aliphatic carbocycles. The van der Waals surface area contributed by atoms with Crippen LogP contribution < -0.4 is 4.74 Å². The molecule has 1 saturated heterocycles. The molecule has 0 radical (unpaired) electrons. The molecule has 2 aromatic heterocycles. The van der Waals surface area contributed by atoms with Crippen molar-refractivity contribution in [2.75, 3.05) is 13.1 Å². The Balaban J connectivity index is 1.50. The Hall–Kier alpha value is -2.44. The summed E-state index contributed by atoms with van der Waals surface area (Å²) in [6.45, 7) is 7.74. The molecule has 7 heteroatoms. The molecule has 0 N–H and O–H groups in total. The van der Waals surface area contributed by atoms with Crippen LogP contribution in [0.5, 0.6) is 5.88 Å². The summed E-state index contributed by atoms with van der Waals surface area (Å²) in [5.41, 5.74) is 0.0241. The Kier molecular flexibility index (Phi) is 5.01. The fraction of sp³-hybridized carbons (Fsp3) is 0.556. The van der Waals surface area contributed by atoms with Gasteiger partial charge >= 0.3 is 0 Å². The fourth-order valence-corrected chi connectivity index (χ4v) is 2.86. The maximum absolute atomic E-state index is 12.3. The Morgan fingerprint density at radius 3 is 2.56 bits per heavy atom. The van der Waals surface area contributed by atoms with Crippen molar-refractivity contribution in [3.05, 3.63) is 30.6 Å². The number of piperidine rings is 1. The minimum atomic E-state index is 0.0241. The Labute approximate surface area is 148 Å². The highest BCUT2D eigenvalue weighted by Crippen LogP contribution is 2.23. The molecule has 0 aromatic carbocycles. The highest BCUT2D eigenvalue weighted by Gasteiger charge is 2.26. The van der Waals surface area contributed by atoms with E-state index in [1.807, 2.05) is 23.2 Å². The number of nitrogens with zero attached hydrogens (tertiary/aromatic N) is 5. The number of aromatic nitrogens is 4. The maximum atomic E-state index is 12.3. The zero-order valence-corrected chi connectivity index (χ0v) is 15.1. The van der Waals surface area contributed by atoms with Crippen molar-refractivity contribution in [1.82, 2.24) is 24.9 Å². The van der Waals surface area contributed by atoms with Crippen molar-refractivity contribution in [3.8, 4) is 11.7 Å². The van der Waals surface area contributed by atoms with Crippen molar-refractivity contribution in [3.63, 3.8) is 0 Å². The summed E-state index contributed by atoms with van der Waals surface area (Å²) in [6.07, 6.45) is 5.80. The first-order valence-corrected chi connectivity index (χ1v) is 8.69. The SMILES string of the molecule is CC(C)(C)CC(=O)N1CCC(Oc2ccc(-n3cccn3)nn2)CC1. The van der Waals surface area contributed by atoms with Gasteiger partial charge in [0.05, 0.1) is 0 Å². The normalized spacial score (nSPS) is 16.0. The highest BCUT2D eigenvalue weighted by molar-refractivity contribution is 5.76. The molecule has 0 spiro atoms. The van der Waals surface area contributed by atoms with Crippen LogP contribution in [-0.4, -0.2) is 50.0 Å². The van der Waals surface area contributed by atoms with Gasteiger partial charge in [0.15, 0.2) is 5.82 Å². The fourth-order valence-electron chi connectivity index (χ4n) is 2.86. The molecular weight excluding hydrogens is 318 g/mol. The van der Waals surface area contributed by atoms with Gasteiger partial charge in [-0.1, -0.05) is 20.8 Å². The Bertz CT molecular complexity index is 683. The molecular formula is C18H25N5O2. The number of carbonyl (C=O) groups excluding carboxylic acids is 1. The first-order valence-electron chi connectivity index (χ1n) is 8.69. The predicted molar refractivity (Wildman–Crippen MR) is 93.5 cm³/mol. The van der Waals surface area contributed by atoms with Gasteiger partial charge in [-0.15, -0.1) is 10.2 Å². The minimum absolute atomic E-state index is 0.0241. The summed E-state index contributed by atoms with van der Waals surface area (Å²) in [7, 11) is 0. The molecule has 3 rings (SSSR count). The largest absolute Gasteiger partial charge is 0.473 e. The van der Waals surface area contributed by atoms with Gasteiger partial charge in [0.1, 0.15) is 6.10 Å². The van der Waals surface area contributed by atoms with E-state index in [0.717, 1.165) is 25.9 Å². The van der Waals surface area contributed by atoms with Crippen LogP contribution in [0.2, 0.25) is 0 Å². The third kappa shape index (κ3) is 4.78. The van der Waals surface area contributed by atoms with E-state index in [9.17, 15) is 4.79 Å². The van der Waals surface area contributed by atoms with E-state index >= 15 is 0 Å². The van der Waals surface area contributed by atoms with E-state index < -0.39 is 0 Å². The first-order chi connectivity index (χ1) is 11.9. The van der Waals surface area contributed by atoms with Gasteiger partial charge < -0.3 is 9.64 Å². The zero-order valence-electron chi connectivity index (χ0n) is 15.1. The molecule has 2 aromatic rings. The summed E-state index contributed by atoms with van der Waals surface area (Å²) < 4.78 is 7.56. The monoisotopic (exact) mass is 343 g/mol. The lowest BCUT2D eigenvalue weighted by Gasteiger charge is -2.33. The average molecular weight is 343 g/mol. The van der Waals surface area contributed by atoms with Crippen LogP contribution in [0.25, 0.3) is 5.82 Å². The summed E-state index contributed by atoms with van der Waals surface area (Å²) in [5.74, 6) is 1.39. The summed E-state index contributed by atoms with van der Waals surface area (Å²) in [6, 6.07) is 5.47. The van der Waals surface area contributed by atoms with Gasteiger partial charge in [-0.3, -0.25) is 4.79 Å². The zero-order chi connectivity index (χ0) is 17.9. The number of hydrogen-bond acceptors (Lipinski definition) is 5. The highest BCUT2D eigenvalue weighted by atomic mass is 16.5. The number of ether oxygens (including phenoxy) is 1. The molecule has 0 bridgehead atoms. The third-order valence-corrected chi connectivity index (χ3v) is 4.13. The van der Waals surface area contributed by atoms with Crippen LogP contribution in [-0.2, 0) is 4.79 Å². The van der Waals surface area contributed by atoms with E-state index in [1.54, 1.807) is 16.9 Å². The topological polar surface area (TPSA) is 73.1 Å². The molecule has 7 nitrogen and oxygen atoms in total. The predicted octanol–water partition coefficient (Wildman–Crippen LogP) is 2.47. The van der Waals surface area contributed by atoms with Crippen LogP contribution in [0.1, 0.15) is 40.0 Å². The number of rotatable bonds is 4. The van der Waals surface area contributed by atoms with E-state index in [-0.39, 0.29) is 17.4 Å². The maximum Gasteiger partial charge on any atom is 0.233 e. The van der Waals surface area contributed by atoms with Crippen molar-refractivity contribution in [1.29, 1.82) is 0 Å². The van der Waals surface area contributed by atoms with Crippen molar-refractivity contribution < 1.29 is 9.53 Å². The first kappa shape index (κ1) is 17.4. The van der Waals surface area contributed by atoms with E-state index in [1.165, 1.54) is 0 Å². The van der Waals surface area contributed by atoms with Crippen LogP contribution in [0.15, 0.2) is 30.6 Å². The molecule has 25 heavy (non-hydrogen) atoms. The van der Waals surface area contributed by atoms with Gasteiger partial charge in [0.2, 0.25) is 11.8 Å². The quantitative estimate of drug-likeness (QED) is 0.853. The van der Waals surface area contributed by atoms with Crippen LogP contribution in [0, 0.1) is 5.41 Å². The van der Waals surface area contributed by atoms with E-state index in [2.05, 4.69) is 36.1 Å². The molecule has 1 amide bonds. The van der Waals surface area contributed by atoms with Crippen LogP contribution >= 0.6 is 0 Å². The van der Waals surface area contributed by atoms with E-state index in [0.29, 0.717) is 18.1 Å². The molecule has 134 valence electrons. The van der Waals surface area contributed by atoms with Crippen molar-refractivity contribution >= 4 is 5.91 Å². The second-order valence-corrected chi connectivity index (χ2v) is 7.62. The van der Waals surface area contributed by atoms with Gasteiger partial charge in [-0.2, -0.15) is 5.10 Å². The molecule has 1 fully saturated rings. The van der Waals surface area contributed by atoms with Gasteiger partial charge in [-0.25, -0.2) is 4.68 Å². The second-order valence-electron chi connectivity index (χ2n) is 7.62. The lowest BCUT2D eigenvalue weighted by atomic mass is 9.91. The number of hydrogen-bond donors (Lipinski definition) is 0. The molecule has 1 aliphatic rings. The molecule has 1 aliphatic heterocycles. The molecule has 0 unspecified atom stereocenters. The number of amides is 1. The number of likely N-dealkylation sites (tertiary alicyclic amines) is 1. The smallest absolute Gasteiger partial charge is 0.233 e. The standard InChI is InChI=1S/C18H25N5O2/c1-18(2,3)13-17(24)22-11-7-14(8-12-22)25-16-6-5-15(20-21-16)23-10-4-9-19-23/h4-6,9-10,14H,7-8,11-13H2,1-3H3. The average Bonchev–Trinajstić information content (AvgIpc) is 3.09. The molecule has 0 saturated carbocycles. The van der Waals surface area contributed by atoms with Crippen molar-refractivity contribution in [2.24, 2.45) is 5.41 Å². The summed E-state index contributed by atoms with van der Waals surface area (Å²) in [4.78, 5) is 14.2. The molecule has 0 atom stereocenters. The van der Waals surface area contributed by atoms with Crippen LogP contribution in [0.4, 0.5) is 0 Å². The molecule has 3 heterocycles. The Morgan fingerprint density at radius 1 is 1.24 bits per heavy atom. The Morgan fingerprint density at radius 2 is 2.00 bits per heavy atom. The van der Waals surface area contributed by atoms with Gasteiger partial charge in [0.25, 0.3) is 0 Å². The second kappa shape index (κ2) is 7.21. The lowest BCUT2D eigenvalue weighted by molar-refractivity contribution is -0.134. The van der Waals surface area contributed by atoms with Crippen LogP contribution in [0.3, 0.4) is 0 Å². The van der Waals surface area contributed by atoms with Gasteiger partial charge in [0, 0.05) is 50.8 Å². The number of carbonyl (C=O) groups is 1. The van der Waals surface area contributed by atoms with E-state index in [4.69, 9.17) is 4.74 Å². The summed E-state index contributed by atoms with van der Waals surface area (Å²) in [5, 5.41) is 12.4. The third-order valence-electron chi connectivity index (χ3n) is 4.13. The van der Waals surface area contributed by atoms with Gasteiger partial charge in [-0.05, 0) is 17.5 Å².